The van der Waals surface area contributed by atoms with E-state index in [0.717, 1.165) is 21.1 Å². The third kappa shape index (κ3) is 5.94. The standard InChI is InChI=1S/C30H32IN5O3/c1-33(30(39)32-18-23-12-6-3-7-13-23)35-21-28(37)36-26(16-22-10-4-2-5-11-22)29(38)34(20-27(35)36)19-25-15-9-8-14-24(25)17-31/h2-15,26-27H,16-21H2,1H3,(H,32,39)/t26-,27+/m0/s1. The summed E-state index contributed by atoms with van der Waals surface area (Å²) in [6.45, 7) is 1.20. The number of carbonyl (C=O) groups excluding carboxylic acids is 3. The molecule has 2 atom stereocenters. The smallest absolute Gasteiger partial charge is 0.332 e. The Morgan fingerprint density at radius 3 is 2.21 bits per heavy atom. The Bertz CT molecular complexity index is 1320. The highest BCUT2D eigenvalue weighted by Gasteiger charge is 2.51. The Morgan fingerprint density at radius 2 is 1.54 bits per heavy atom. The largest absolute Gasteiger partial charge is 0.333 e. The molecule has 0 spiro atoms. The van der Waals surface area contributed by atoms with Crippen LogP contribution in [0.3, 0.4) is 0 Å². The Hall–Kier alpha value is -3.44. The van der Waals surface area contributed by atoms with Crippen LogP contribution in [0.1, 0.15) is 22.3 Å². The van der Waals surface area contributed by atoms with Gasteiger partial charge in [-0.1, -0.05) is 108 Å². The van der Waals surface area contributed by atoms with Gasteiger partial charge in [-0.2, -0.15) is 5.01 Å². The second-order valence-corrected chi connectivity index (χ2v) is 10.6. The molecule has 0 unspecified atom stereocenters. The van der Waals surface area contributed by atoms with Gasteiger partial charge >= 0.3 is 6.03 Å². The number of hydrazine groups is 1. The number of benzene rings is 3. The number of fused-ring (bicyclic) bond motifs is 1. The molecule has 39 heavy (non-hydrogen) atoms. The minimum atomic E-state index is -0.642. The van der Waals surface area contributed by atoms with Crippen molar-refractivity contribution in [2.24, 2.45) is 0 Å². The molecule has 2 aliphatic heterocycles. The first-order valence-electron chi connectivity index (χ1n) is 13.0. The molecule has 8 nitrogen and oxygen atoms in total. The van der Waals surface area contributed by atoms with Crippen molar-refractivity contribution in [2.45, 2.75) is 36.1 Å². The molecule has 0 radical (unpaired) electrons. The number of carbonyl (C=O) groups is 3. The van der Waals surface area contributed by atoms with E-state index in [2.05, 4.69) is 40.0 Å². The topological polar surface area (TPSA) is 76.2 Å². The van der Waals surface area contributed by atoms with Crippen LogP contribution in [0.25, 0.3) is 0 Å². The Kier molecular flexibility index (Phi) is 8.47. The lowest BCUT2D eigenvalue weighted by atomic mass is 9.99. The Labute approximate surface area is 242 Å². The van der Waals surface area contributed by atoms with Gasteiger partial charge in [-0.3, -0.25) is 14.6 Å². The summed E-state index contributed by atoms with van der Waals surface area (Å²) in [7, 11) is 1.68. The van der Waals surface area contributed by atoms with Crippen molar-refractivity contribution < 1.29 is 14.4 Å². The van der Waals surface area contributed by atoms with Gasteiger partial charge in [-0.15, -0.1) is 0 Å². The van der Waals surface area contributed by atoms with Crippen molar-refractivity contribution in [1.29, 1.82) is 0 Å². The lowest BCUT2D eigenvalue weighted by Crippen LogP contribution is -2.65. The van der Waals surface area contributed by atoms with E-state index in [1.807, 2.05) is 77.7 Å². The maximum Gasteiger partial charge on any atom is 0.332 e. The molecule has 0 saturated carbocycles. The SMILES string of the molecule is CN(C(=O)NCc1ccccc1)N1CC(=O)N2[C@@H](Cc3ccccc3)C(=O)N(Cc3ccccc3CI)C[C@@H]21. The van der Waals surface area contributed by atoms with E-state index < -0.39 is 12.2 Å². The maximum absolute atomic E-state index is 13.9. The van der Waals surface area contributed by atoms with Gasteiger partial charge in [0, 0.05) is 31.0 Å². The molecular weight excluding hydrogens is 605 g/mol. The van der Waals surface area contributed by atoms with Gasteiger partial charge in [0.05, 0.1) is 13.1 Å². The van der Waals surface area contributed by atoms with E-state index in [4.69, 9.17) is 0 Å². The average Bonchev–Trinajstić information content (AvgIpc) is 3.30. The molecule has 2 aliphatic rings. The molecule has 2 saturated heterocycles. The number of amides is 4. The zero-order chi connectivity index (χ0) is 27.4. The van der Waals surface area contributed by atoms with Gasteiger partial charge in [0.1, 0.15) is 12.2 Å². The van der Waals surface area contributed by atoms with E-state index >= 15 is 0 Å². The number of urea groups is 1. The van der Waals surface area contributed by atoms with E-state index in [1.54, 1.807) is 17.0 Å². The van der Waals surface area contributed by atoms with E-state index in [-0.39, 0.29) is 24.4 Å². The number of piperazine rings is 1. The van der Waals surface area contributed by atoms with Crippen LogP contribution < -0.4 is 5.32 Å². The maximum atomic E-state index is 13.9. The summed E-state index contributed by atoms with van der Waals surface area (Å²) >= 11 is 2.34. The van der Waals surface area contributed by atoms with Gasteiger partial charge in [0.25, 0.3) is 0 Å². The summed E-state index contributed by atoms with van der Waals surface area (Å²) < 4.78 is 0.841. The minimum Gasteiger partial charge on any atom is -0.333 e. The molecule has 9 heteroatoms. The third-order valence-electron chi connectivity index (χ3n) is 7.43. The second kappa shape index (κ2) is 12.2. The van der Waals surface area contributed by atoms with E-state index in [0.29, 0.717) is 26.1 Å². The molecule has 5 rings (SSSR count). The van der Waals surface area contributed by atoms with Crippen LogP contribution in [0.15, 0.2) is 84.9 Å². The van der Waals surface area contributed by atoms with Crippen LogP contribution >= 0.6 is 22.6 Å². The van der Waals surface area contributed by atoms with E-state index in [9.17, 15) is 14.4 Å². The first kappa shape index (κ1) is 27.1. The van der Waals surface area contributed by atoms with Crippen LogP contribution in [-0.2, 0) is 33.5 Å². The summed E-state index contributed by atoms with van der Waals surface area (Å²) in [5, 5.41) is 6.21. The predicted octanol–water partition coefficient (Wildman–Crippen LogP) is 3.80. The molecule has 3 aromatic rings. The normalized spacial score (nSPS) is 19.2. The molecule has 0 aliphatic carbocycles. The Morgan fingerprint density at radius 1 is 0.923 bits per heavy atom. The number of nitrogens with zero attached hydrogens (tertiary/aromatic N) is 4. The second-order valence-electron chi connectivity index (χ2n) is 9.87. The molecule has 2 heterocycles. The van der Waals surface area contributed by atoms with Crippen molar-refractivity contribution in [3.05, 3.63) is 107 Å². The first-order chi connectivity index (χ1) is 19.0. The number of halogens is 1. The monoisotopic (exact) mass is 637 g/mol. The zero-order valence-electron chi connectivity index (χ0n) is 21.9. The van der Waals surface area contributed by atoms with Crippen LogP contribution in [0.5, 0.6) is 0 Å². The van der Waals surface area contributed by atoms with E-state index in [1.165, 1.54) is 10.6 Å². The van der Waals surface area contributed by atoms with Crippen LogP contribution in [0, 0.1) is 0 Å². The molecule has 1 N–H and O–H groups in total. The van der Waals surface area contributed by atoms with Crippen LogP contribution in [0.4, 0.5) is 4.79 Å². The number of hydrogen-bond donors (Lipinski definition) is 1. The minimum absolute atomic E-state index is 0.0384. The third-order valence-corrected chi connectivity index (χ3v) is 8.25. The fraction of sp³-hybridized carbons (Fsp3) is 0.300. The fourth-order valence-electron chi connectivity index (χ4n) is 5.34. The summed E-state index contributed by atoms with van der Waals surface area (Å²) in [5.74, 6) is -0.214. The van der Waals surface area contributed by atoms with Crippen molar-refractivity contribution in [2.75, 3.05) is 20.1 Å². The molecular formula is C30H32IN5O3. The number of nitrogens with one attached hydrogen (secondary N) is 1. The fourth-order valence-corrected chi connectivity index (χ4v) is 6.08. The number of rotatable bonds is 8. The van der Waals surface area contributed by atoms with Gasteiger partial charge in [-0.25, -0.2) is 4.79 Å². The van der Waals surface area contributed by atoms with Crippen molar-refractivity contribution in [1.82, 2.24) is 25.1 Å². The van der Waals surface area contributed by atoms with Crippen molar-refractivity contribution >= 4 is 40.4 Å². The van der Waals surface area contributed by atoms with Gasteiger partial charge in [0.2, 0.25) is 11.8 Å². The first-order valence-corrected chi connectivity index (χ1v) is 14.6. The van der Waals surface area contributed by atoms with Crippen molar-refractivity contribution in [3.8, 4) is 0 Å². The highest BCUT2D eigenvalue weighted by atomic mass is 127. The van der Waals surface area contributed by atoms with Crippen LogP contribution in [-0.4, -0.2) is 70.0 Å². The molecule has 0 bridgehead atoms. The highest BCUT2D eigenvalue weighted by Crippen LogP contribution is 2.30. The quantitative estimate of drug-likeness (QED) is 0.302. The molecule has 3 aromatic carbocycles. The average molecular weight is 638 g/mol. The zero-order valence-corrected chi connectivity index (χ0v) is 24.0. The lowest BCUT2D eigenvalue weighted by molar-refractivity contribution is -0.157. The van der Waals surface area contributed by atoms with Crippen molar-refractivity contribution in [3.63, 3.8) is 0 Å². The molecule has 0 aromatic heterocycles. The lowest BCUT2D eigenvalue weighted by Gasteiger charge is -2.46. The van der Waals surface area contributed by atoms with Crippen LogP contribution in [0.2, 0.25) is 0 Å². The van der Waals surface area contributed by atoms with Gasteiger partial charge in [0.15, 0.2) is 0 Å². The predicted molar refractivity (Wildman–Crippen MR) is 157 cm³/mol. The summed E-state index contributed by atoms with van der Waals surface area (Å²) in [5.41, 5.74) is 4.26. The highest BCUT2D eigenvalue weighted by molar-refractivity contribution is 14.1. The number of hydrogen-bond acceptors (Lipinski definition) is 4. The molecule has 202 valence electrons. The summed E-state index contributed by atoms with van der Waals surface area (Å²) in [4.78, 5) is 44.0. The molecule has 4 amide bonds. The number of alkyl halides is 1. The Balaban J connectivity index is 1.40. The van der Waals surface area contributed by atoms with Gasteiger partial charge < -0.3 is 15.1 Å². The summed E-state index contributed by atoms with van der Waals surface area (Å²) in [6, 6.07) is 26.7. The summed E-state index contributed by atoms with van der Waals surface area (Å²) in [6.07, 6.45) is -0.0208. The molecule has 2 fully saturated rings. The van der Waals surface area contributed by atoms with Gasteiger partial charge in [-0.05, 0) is 22.3 Å².